The number of benzene rings is 3. The van der Waals surface area contributed by atoms with Crippen LogP contribution in [-0.4, -0.2) is 24.8 Å². The first-order valence-corrected chi connectivity index (χ1v) is 12.9. The Labute approximate surface area is 223 Å². The average Bonchev–Trinajstić information content (AvgIpc) is 3.27. The molecule has 0 atom stereocenters. The number of halogens is 1. The SMILES string of the molecule is CC(C)(C)OC(=O)Nc1cccc(COCCNCc2ccc3cc(CCc4ccc(F)cc4)oc3c2)c1. The van der Waals surface area contributed by atoms with Crippen LogP contribution in [-0.2, 0) is 35.5 Å². The topological polar surface area (TPSA) is 72.7 Å². The van der Waals surface area contributed by atoms with Gasteiger partial charge in [-0.3, -0.25) is 5.32 Å². The van der Waals surface area contributed by atoms with Crippen molar-refractivity contribution in [2.45, 2.75) is 52.4 Å². The summed E-state index contributed by atoms with van der Waals surface area (Å²) in [6.07, 6.45) is 1.10. The molecule has 0 fully saturated rings. The van der Waals surface area contributed by atoms with Gasteiger partial charge in [0, 0.05) is 30.6 Å². The number of fused-ring (bicyclic) bond motifs is 1. The third-order valence-corrected chi connectivity index (χ3v) is 5.80. The zero-order valence-electron chi connectivity index (χ0n) is 22.2. The maximum Gasteiger partial charge on any atom is 0.412 e. The lowest BCUT2D eigenvalue weighted by molar-refractivity contribution is 0.0636. The molecular weight excluding hydrogens is 483 g/mol. The first-order chi connectivity index (χ1) is 18.2. The smallest absolute Gasteiger partial charge is 0.412 e. The summed E-state index contributed by atoms with van der Waals surface area (Å²) in [6.45, 7) is 7.90. The highest BCUT2D eigenvalue weighted by atomic mass is 19.1. The Hall–Kier alpha value is -3.68. The van der Waals surface area contributed by atoms with Gasteiger partial charge in [0.05, 0.1) is 13.2 Å². The van der Waals surface area contributed by atoms with E-state index in [4.69, 9.17) is 13.9 Å². The Balaban J connectivity index is 1.17. The van der Waals surface area contributed by atoms with Gasteiger partial charge in [0.25, 0.3) is 0 Å². The second-order valence-corrected chi connectivity index (χ2v) is 10.3. The molecule has 0 unspecified atom stereocenters. The molecule has 7 heteroatoms. The Kier molecular flexibility index (Phi) is 9.15. The molecular formula is C31H35FN2O4. The molecule has 200 valence electrons. The number of amides is 1. The lowest BCUT2D eigenvalue weighted by atomic mass is 10.1. The summed E-state index contributed by atoms with van der Waals surface area (Å²) in [5.41, 5.74) is 4.19. The van der Waals surface area contributed by atoms with Gasteiger partial charge in [0.15, 0.2) is 0 Å². The monoisotopic (exact) mass is 518 g/mol. The van der Waals surface area contributed by atoms with Crippen molar-refractivity contribution in [2.75, 3.05) is 18.5 Å². The number of furan rings is 1. The summed E-state index contributed by atoms with van der Waals surface area (Å²) in [5.74, 6) is 0.706. The van der Waals surface area contributed by atoms with Crippen LogP contribution in [0.4, 0.5) is 14.9 Å². The highest BCUT2D eigenvalue weighted by Crippen LogP contribution is 2.22. The van der Waals surface area contributed by atoms with Crippen molar-refractivity contribution in [3.8, 4) is 0 Å². The minimum absolute atomic E-state index is 0.218. The van der Waals surface area contributed by atoms with Crippen LogP contribution >= 0.6 is 0 Å². The molecule has 4 aromatic rings. The van der Waals surface area contributed by atoms with Gasteiger partial charge in [-0.2, -0.15) is 0 Å². The maximum absolute atomic E-state index is 13.1. The van der Waals surface area contributed by atoms with Gasteiger partial charge in [-0.05, 0) is 80.3 Å². The van der Waals surface area contributed by atoms with Crippen LogP contribution in [0.2, 0.25) is 0 Å². The van der Waals surface area contributed by atoms with E-state index in [0.29, 0.717) is 32.0 Å². The van der Waals surface area contributed by atoms with Crippen LogP contribution in [0.15, 0.2) is 77.2 Å². The quantitative estimate of drug-likeness (QED) is 0.209. The summed E-state index contributed by atoms with van der Waals surface area (Å²) in [6, 6.07) is 22.4. The standard InChI is InChI=1S/C31H35FN2O4/c1-31(2,3)38-30(35)34-27-6-4-5-24(17-27)21-36-16-15-33-20-23-7-11-25-19-28(37-29(25)18-23)14-10-22-8-12-26(32)13-9-22/h4-9,11-13,17-19,33H,10,14-16,20-21H2,1-3H3,(H,34,35). The fraction of sp³-hybridized carbons (Fsp3) is 0.323. The van der Waals surface area contributed by atoms with E-state index in [0.717, 1.165) is 46.3 Å². The van der Waals surface area contributed by atoms with Crippen molar-refractivity contribution < 1.29 is 23.1 Å². The molecule has 0 spiro atoms. The molecule has 4 rings (SSSR count). The van der Waals surface area contributed by atoms with Gasteiger partial charge in [-0.25, -0.2) is 9.18 Å². The van der Waals surface area contributed by atoms with Gasteiger partial charge in [0.2, 0.25) is 0 Å². The molecule has 0 bridgehead atoms. The molecule has 0 aliphatic carbocycles. The van der Waals surface area contributed by atoms with Gasteiger partial charge in [-0.1, -0.05) is 36.4 Å². The van der Waals surface area contributed by atoms with Crippen molar-refractivity contribution in [1.82, 2.24) is 5.32 Å². The molecule has 0 radical (unpaired) electrons. The zero-order chi connectivity index (χ0) is 27.0. The molecule has 1 amide bonds. The van der Waals surface area contributed by atoms with Crippen molar-refractivity contribution in [3.63, 3.8) is 0 Å². The van der Waals surface area contributed by atoms with E-state index in [2.05, 4.69) is 34.9 Å². The van der Waals surface area contributed by atoms with E-state index < -0.39 is 11.7 Å². The van der Waals surface area contributed by atoms with Crippen LogP contribution in [0, 0.1) is 5.82 Å². The molecule has 0 aliphatic rings. The number of nitrogens with one attached hydrogen (secondary N) is 2. The number of ether oxygens (including phenoxy) is 2. The lowest BCUT2D eigenvalue weighted by Crippen LogP contribution is -2.27. The van der Waals surface area contributed by atoms with Gasteiger partial charge in [-0.15, -0.1) is 0 Å². The first-order valence-electron chi connectivity index (χ1n) is 12.9. The molecule has 0 aliphatic heterocycles. The van der Waals surface area contributed by atoms with Gasteiger partial charge >= 0.3 is 6.09 Å². The van der Waals surface area contributed by atoms with Crippen LogP contribution in [0.1, 0.15) is 43.2 Å². The van der Waals surface area contributed by atoms with Crippen molar-refractivity contribution >= 4 is 22.7 Å². The minimum atomic E-state index is -0.545. The third-order valence-electron chi connectivity index (χ3n) is 5.80. The highest BCUT2D eigenvalue weighted by molar-refractivity contribution is 5.85. The number of carbonyl (C=O) groups is 1. The maximum atomic E-state index is 13.1. The molecule has 1 aromatic heterocycles. The molecule has 0 saturated carbocycles. The van der Waals surface area contributed by atoms with E-state index in [1.807, 2.05) is 57.2 Å². The zero-order valence-corrected chi connectivity index (χ0v) is 22.2. The van der Waals surface area contributed by atoms with Crippen molar-refractivity contribution in [3.05, 3.63) is 101 Å². The Morgan fingerprint density at radius 1 is 0.921 bits per heavy atom. The molecule has 1 heterocycles. The van der Waals surface area contributed by atoms with E-state index >= 15 is 0 Å². The van der Waals surface area contributed by atoms with E-state index in [1.54, 1.807) is 0 Å². The van der Waals surface area contributed by atoms with Crippen molar-refractivity contribution in [2.24, 2.45) is 0 Å². The number of rotatable bonds is 11. The average molecular weight is 519 g/mol. The molecule has 6 nitrogen and oxygen atoms in total. The second kappa shape index (κ2) is 12.7. The third kappa shape index (κ3) is 8.71. The summed E-state index contributed by atoms with van der Waals surface area (Å²) in [7, 11) is 0. The normalized spacial score (nSPS) is 11.6. The highest BCUT2D eigenvalue weighted by Gasteiger charge is 2.16. The van der Waals surface area contributed by atoms with Crippen LogP contribution in [0.25, 0.3) is 11.0 Å². The summed E-state index contributed by atoms with van der Waals surface area (Å²) >= 11 is 0. The van der Waals surface area contributed by atoms with E-state index in [9.17, 15) is 9.18 Å². The van der Waals surface area contributed by atoms with E-state index in [1.165, 1.54) is 12.1 Å². The largest absolute Gasteiger partial charge is 0.461 e. The molecule has 38 heavy (non-hydrogen) atoms. The van der Waals surface area contributed by atoms with Crippen LogP contribution < -0.4 is 10.6 Å². The fourth-order valence-electron chi connectivity index (χ4n) is 4.01. The fourth-order valence-corrected chi connectivity index (χ4v) is 4.01. The number of aryl methyl sites for hydroxylation is 2. The number of anilines is 1. The second-order valence-electron chi connectivity index (χ2n) is 10.3. The minimum Gasteiger partial charge on any atom is -0.461 e. The molecule has 3 aromatic carbocycles. The predicted octanol–water partition coefficient (Wildman–Crippen LogP) is 7.01. The predicted molar refractivity (Wildman–Crippen MR) is 148 cm³/mol. The van der Waals surface area contributed by atoms with Gasteiger partial charge < -0.3 is 19.2 Å². The van der Waals surface area contributed by atoms with Crippen LogP contribution in [0.5, 0.6) is 0 Å². The van der Waals surface area contributed by atoms with Crippen LogP contribution in [0.3, 0.4) is 0 Å². The van der Waals surface area contributed by atoms with Gasteiger partial charge in [0.1, 0.15) is 22.8 Å². The van der Waals surface area contributed by atoms with E-state index in [-0.39, 0.29) is 5.82 Å². The van der Waals surface area contributed by atoms with Crippen molar-refractivity contribution in [1.29, 1.82) is 0 Å². The lowest BCUT2D eigenvalue weighted by Gasteiger charge is -2.19. The molecule has 2 N–H and O–H groups in total. The summed E-state index contributed by atoms with van der Waals surface area (Å²) < 4.78 is 30.2. The number of carbonyl (C=O) groups excluding carboxylic acids is 1. The summed E-state index contributed by atoms with van der Waals surface area (Å²) in [5, 5.41) is 7.23. The number of hydrogen-bond acceptors (Lipinski definition) is 5. The Morgan fingerprint density at radius 2 is 1.71 bits per heavy atom. The Bertz CT molecular complexity index is 1340. The number of hydrogen-bond donors (Lipinski definition) is 2. The summed E-state index contributed by atoms with van der Waals surface area (Å²) in [4.78, 5) is 12.0. The molecule has 0 saturated heterocycles. The Morgan fingerprint density at radius 3 is 2.50 bits per heavy atom. The first kappa shape index (κ1) is 27.4.